The van der Waals surface area contributed by atoms with Crippen LogP contribution < -0.4 is 4.90 Å². The van der Waals surface area contributed by atoms with E-state index in [1.165, 1.54) is 38.6 Å². The van der Waals surface area contributed by atoms with Gasteiger partial charge in [-0.25, -0.2) is 0 Å². The van der Waals surface area contributed by atoms with Gasteiger partial charge in [0.05, 0.1) is 32.4 Å². The highest BCUT2D eigenvalue weighted by atomic mass is 15.5. The van der Waals surface area contributed by atoms with Crippen LogP contribution in [0.1, 0.15) is 22.7 Å². The molecular weight excluding hydrogens is 378 g/mol. The SMILES string of the molecule is C(=N\N1CC[NH+](C2c3ccccc3-c3ccccc32)CC1)/c1cccc2ccccc12. The zero-order valence-electron chi connectivity index (χ0n) is 17.5. The van der Waals surface area contributed by atoms with Crippen molar-refractivity contribution in [2.24, 2.45) is 5.10 Å². The maximum Gasteiger partial charge on any atom is 0.140 e. The second kappa shape index (κ2) is 7.68. The Bertz CT molecular complexity index is 1220. The Morgan fingerprint density at radius 2 is 1.32 bits per heavy atom. The van der Waals surface area contributed by atoms with Crippen molar-refractivity contribution in [3.63, 3.8) is 0 Å². The molecule has 1 aliphatic carbocycles. The number of piperazine rings is 1. The van der Waals surface area contributed by atoms with E-state index < -0.39 is 0 Å². The number of rotatable bonds is 3. The van der Waals surface area contributed by atoms with Crippen LogP contribution in [0.2, 0.25) is 0 Å². The van der Waals surface area contributed by atoms with Crippen LogP contribution in [-0.4, -0.2) is 37.4 Å². The summed E-state index contributed by atoms with van der Waals surface area (Å²) < 4.78 is 0. The summed E-state index contributed by atoms with van der Waals surface area (Å²) in [6.45, 7) is 4.16. The Morgan fingerprint density at radius 1 is 0.710 bits per heavy atom. The molecule has 6 rings (SSSR count). The minimum atomic E-state index is 0.441. The number of nitrogens with one attached hydrogen (secondary N) is 1. The highest BCUT2D eigenvalue weighted by Gasteiger charge is 2.37. The molecule has 1 heterocycles. The third kappa shape index (κ3) is 3.22. The molecule has 0 aromatic heterocycles. The zero-order chi connectivity index (χ0) is 20.6. The molecule has 1 saturated heterocycles. The van der Waals surface area contributed by atoms with Gasteiger partial charge in [0.25, 0.3) is 0 Å². The Hall–Kier alpha value is -3.43. The predicted molar refractivity (Wildman–Crippen MR) is 128 cm³/mol. The van der Waals surface area contributed by atoms with Crippen LogP contribution in [0.4, 0.5) is 0 Å². The highest BCUT2D eigenvalue weighted by molar-refractivity contribution is 5.99. The summed E-state index contributed by atoms with van der Waals surface area (Å²) in [7, 11) is 0. The first-order valence-electron chi connectivity index (χ1n) is 11.2. The molecule has 1 N–H and O–H groups in total. The van der Waals surface area contributed by atoms with E-state index in [0.717, 1.165) is 26.2 Å². The summed E-state index contributed by atoms with van der Waals surface area (Å²) >= 11 is 0. The fourth-order valence-electron chi connectivity index (χ4n) is 5.29. The lowest BCUT2D eigenvalue weighted by Gasteiger charge is -2.34. The Morgan fingerprint density at radius 3 is 2.06 bits per heavy atom. The van der Waals surface area contributed by atoms with Gasteiger partial charge in [-0.1, -0.05) is 91.0 Å². The van der Waals surface area contributed by atoms with Crippen molar-refractivity contribution in [1.29, 1.82) is 0 Å². The first kappa shape index (κ1) is 18.3. The van der Waals surface area contributed by atoms with Gasteiger partial charge in [-0.15, -0.1) is 0 Å². The lowest BCUT2D eigenvalue weighted by molar-refractivity contribution is -0.929. The summed E-state index contributed by atoms with van der Waals surface area (Å²) in [6.07, 6.45) is 2.04. The van der Waals surface area contributed by atoms with Gasteiger partial charge >= 0.3 is 0 Å². The lowest BCUT2D eigenvalue weighted by Crippen LogP contribution is -3.14. The maximum atomic E-state index is 4.85. The maximum absolute atomic E-state index is 4.85. The summed E-state index contributed by atoms with van der Waals surface area (Å²) in [5.74, 6) is 0. The quantitative estimate of drug-likeness (QED) is 0.509. The molecule has 0 radical (unpaired) electrons. The molecule has 0 spiro atoms. The number of fused-ring (bicyclic) bond motifs is 4. The van der Waals surface area contributed by atoms with Gasteiger partial charge in [-0.2, -0.15) is 5.10 Å². The van der Waals surface area contributed by atoms with Gasteiger partial charge in [0, 0.05) is 16.7 Å². The van der Waals surface area contributed by atoms with Crippen molar-refractivity contribution < 1.29 is 4.90 Å². The summed E-state index contributed by atoms with van der Waals surface area (Å²) in [6, 6.07) is 33.3. The minimum absolute atomic E-state index is 0.441. The Labute approximate surface area is 183 Å². The van der Waals surface area contributed by atoms with E-state index in [1.54, 1.807) is 4.90 Å². The molecule has 31 heavy (non-hydrogen) atoms. The molecule has 1 fully saturated rings. The number of benzene rings is 4. The Kier molecular flexibility index (Phi) is 4.54. The third-order valence-corrected chi connectivity index (χ3v) is 6.81. The van der Waals surface area contributed by atoms with Gasteiger partial charge in [-0.05, 0) is 21.9 Å². The second-order valence-electron chi connectivity index (χ2n) is 8.53. The number of nitrogens with zero attached hydrogens (tertiary/aromatic N) is 2. The van der Waals surface area contributed by atoms with Crippen LogP contribution in [0, 0.1) is 0 Å². The fraction of sp³-hybridized carbons (Fsp3) is 0.179. The van der Waals surface area contributed by atoms with Crippen LogP contribution in [0.5, 0.6) is 0 Å². The molecular formula is C28H26N3+. The van der Waals surface area contributed by atoms with Gasteiger partial charge in [0.2, 0.25) is 0 Å². The predicted octanol–water partition coefficient (Wildman–Crippen LogP) is 4.14. The first-order valence-corrected chi connectivity index (χ1v) is 11.2. The third-order valence-electron chi connectivity index (χ3n) is 6.81. The van der Waals surface area contributed by atoms with Gasteiger partial charge in [0.1, 0.15) is 6.04 Å². The first-order chi connectivity index (χ1) is 15.4. The Balaban J connectivity index is 1.20. The molecule has 4 aromatic carbocycles. The number of hydrazone groups is 1. The zero-order valence-corrected chi connectivity index (χ0v) is 17.5. The molecule has 3 nitrogen and oxygen atoms in total. The summed E-state index contributed by atoms with van der Waals surface area (Å²) in [5.41, 5.74) is 6.96. The van der Waals surface area contributed by atoms with E-state index in [2.05, 4.69) is 96.0 Å². The molecule has 0 bridgehead atoms. The average molecular weight is 405 g/mol. The molecule has 0 unspecified atom stereocenters. The van der Waals surface area contributed by atoms with Crippen LogP contribution in [0.3, 0.4) is 0 Å². The van der Waals surface area contributed by atoms with Crippen molar-refractivity contribution in [1.82, 2.24) is 5.01 Å². The summed E-state index contributed by atoms with van der Waals surface area (Å²) in [4.78, 5) is 1.65. The molecule has 2 aliphatic rings. The average Bonchev–Trinajstić information content (AvgIpc) is 3.18. The standard InChI is InChI=1S/C28H25N3/c1-2-11-23-21(8-1)9-7-10-22(23)20-29-31-18-16-30(17-19-31)28-26-14-5-3-12-24(26)25-13-4-6-15-27(25)28/h1-15,20,28H,16-19H2/p+1/b29-20+. The molecule has 152 valence electrons. The molecule has 0 amide bonds. The van der Waals surface area contributed by atoms with E-state index in [-0.39, 0.29) is 0 Å². The topological polar surface area (TPSA) is 20.0 Å². The molecule has 4 aromatic rings. The van der Waals surface area contributed by atoms with Crippen molar-refractivity contribution >= 4 is 17.0 Å². The smallest absolute Gasteiger partial charge is 0.140 e. The molecule has 3 heteroatoms. The second-order valence-corrected chi connectivity index (χ2v) is 8.53. The van der Waals surface area contributed by atoms with Crippen molar-refractivity contribution in [3.05, 3.63) is 108 Å². The number of quaternary nitrogens is 1. The monoisotopic (exact) mass is 404 g/mol. The number of hydrogen-bond donors (Lipinski definition) is 1. The van der Waals surface area contributed by atoms with E-state index >= 15 is 0 Å². The van der Waals surface area contributed by atoms with Crippen LogP contribution in [-0.2, 0) is 0 Å². The lowest BCUT2D eigenvalue weighted by atomic mass is 10.0. The van der Waals surface area contributed by atoms with E-state index in [4.69, 9.17) is 5.10 Å². The molecule has 1 aliphatic heterocycles. The molecule has 0 atom stereocenters. The van der Waals surface area contributed by atoms with E-state index in [9.17, 15) is 0 Å². The van der Waals surface area contributed by atoms with E-state index in [1.807, 2.05) is 6.21 Å². The van der Waals surface area contributed by atoms with E-state index in [0.29, 0.717) is 6.04 Å². The largest absolute Gasteiger partial charge is 0.322 e. The molecule has 0 saturated carbocycles. The van der Waals surface area contributed by atoms with Crippen LogP contribution in [0.25, 0.3) is 21.9 Å². The summed E-state index contributed by atoms with van der Waals surface area (Å²) in [5, 5.41) is 9.61. The van der Waals surface area contributed by atoms with Gasteiger partial charge < -0.3 is 4.90 Å². The van der Waals surface area contributed by atoms with Crippen molar-refractivity contribution in [3.8, 4) is 11.1 Å². The minimum Gasteiger partial charge on any atom is -0.322 e. The van der Waals surface area contributed by atoms with Crippen LogP contribution >= 0.6 is 0 Å². The van der Waals surface area contributed by atoms with Crippen molar-refractivity contribution in [2.45, 2.75) is 6.04 Å². The van der Waals surface area contributed by atoms with Gasteiger partial charge in [-0.3, -0.25) is 5.01 Å². The van der Waals surface area contributed by atoms with Crippen LogP contribution in [0.15, 0.2) is 96.1 Å². The fourth-order valence-corrected chi connectivity index (χ4v) is 5.29. The van der Waals surface area contributed by atoms with Gasteiger partial charge in [0.15, 0.2) is 0 Å². The van der Waals surface area contributed by atoms with Crippen molar-refractivity contribution in [2.75, 3.05) is 26.2 Å². The normalized spacial score (nSPS) is 16.7. The number of hydrogen-bond acceptors (Lipinski definition) is 2. The highest BCUT2D eigenvalue weighted by Crippen LogP contribution is 2.41.